The molecule has 4 rings (SSSR count). The minimum atomic E-state index is 0.102. The third kappa shape index (κ3) is 4.44. The summed E-state index contributed by atoms with van der Waals surface area (Å²) in [5, 5.41) is 10.5. The molecule has 7 nitrogen and oxygen atoms in total. The van der Waals surface area contributed by atoms with E-state index < -0.39 is 0 Å². The summed E-state index contributed by atoms with van der Waals surface area (Å²) in [4.78, 5) is 5.84. The molecule has 8 heteroatoms. The summed E-state index contributed by atoms with van der Waals surface area (Å²) in [6.45, 7) is 6.81. The van der Waals surface area contributed by atoms with Crippen LogP contribution < -0.4 is 9.47 Å². The fraction of sp³-hybridized carbons (Fsp3) is 0.429. The lowest BCUT2D eigenvalue weighted by molar-refractivity contribution is 0.0871. The highest BCUT2D eigenvalue weighted by Crippen LogP contribution is 2.29. The molecule has 0 aliphatic carbocycles. The summed E-state index contributed by atoms with van der Waals surface area (Å²) in [6.07, 6.45) is 0. The van der Waals surface area contributed by atoms with E-state index in [0.29, 0.717) is 11.8 Å². The van der Waals surface area contributed by atoms with Crippen molar-refractivity contribution in [3.8, 4) is 22.3 Å². The van der Waals surface area contributed by atoms with Gasteiger partial charge in [0.1, 0.15) is 11.5 Å². The molecule has 0 spiro atoms. The first-order valence-corrected chi connectivity index (χ1v) is 10.6. The molecular weight excluding hydrogens is 388 g/mol. The number of hydrogen-bond acceptors (Lipinski definition) is 8. The lowest BCUT2D eigenvalue weighted by atomic mass is 10.1. The highest BCUT2D eigenvalue weighted by atomic mass is 32.1. The number of aromatic nitrogens is 2. The molecule has 0 N–H and O–H groups in total. The molecule has 29 heavy (non-hydrogen) atoms. The number of methoxy groups -OCH3 is 2. The number of rotatable bonds is 7. The van der Waals surface area contributed by atoms with Gasteiger partial charge in [0, 0.05) is 38.3 Å². The molecule has 1 atom stereocenters. The maximum absolute atomic E-state index is 5.92. The van der Waals surface area contributed by atoms with Gasteiger partial charge in [0.25, 0.3) is 5.89 Å². The van der Waals surface area contributed by atoms with Crippen molar-refractivity contribution in [3.05, 3.63) is 47.2 Å². The van der Waals surface area contributed by atoms with Gasteiger partial charge in [-0.2, -0.15) is 0 Å². The average molecular weight is 415 g/mol. The fourth-order valence-corrected chi connectivity index (χ4v) is 4.26. The number of thiophene rings is 1. The van der Waals surface area contributed by atoms with Gasteiger partial charge in [-0.1, -0.05) is 6.07 Å². The lowest BCUT2D eigenvalue weighted by Gasteiger charge is -2.37. The third-order valence-corrected chi connectivity index (χ3v) is 6.22. The first-order chi connectivity index (χ1) is 14.2. The molecule has 0 amide bonds. The van der Waals surface area contributed by atoms with Gasteiger partial charge in [0.15, 0.2) is 0 Å². The van der Waals surface area contributed by atoms with E-state index in [9.17, 15) is 0 Å². The Morgan fingerprint density at radius 2 is 1.93 bits per heavy atom. The summed E-state index contributed by atoms with van der Waals surface area (Å²) < 4.78 is 16.8. The summed E-state index contributed by atoms with van der Waals surface area (Å²) in [7, 11) is 3.40. The van der Waals surface area contributed by atoms with E-state index in [1.165, 1.54) is 0 Å². The third-order valence-electron chi connectivity index (χ3n) is 5.37. The maximum atomic E-state index is 5.92. The van der Waals surface area contributed by atoms with E-state index in [0.717, 1.165) is 54.7 Å². The van der Waals surface area contributed by atoms with Crippen molar-refractivity contribution in [1.29, 1.82) is 0 Å². The Hall–Kier alpha value is -2.42. The Labute approximate surface area is 174 Å². The topological polar surface area (TPSA) is 63.9 Å². The SMILES string of the molecule is COc1ccc(OC)c(CN2CCN(C(C)c3nnc(-c4cccs4)o3)CC2)c1. The van der Waals surface area contributed by atoms with Crippen LogP contribution in [0.3, 0.4) is 0 Å². The highest BCUT2D eigenvalue weighted by Gasteiger charge is 2.26. The summed E-state index contributed by atoms with van der Waals surface area (Å²) in [5.41, 5.74) is 1.14. The highest BCUT2D eigenvalue weighted by molar-refractivity contribution is 7.13. The standard InChI is InChI=1S/C21H26N4O3S/c1-15(20-22-23-21(28-20)19-5-4-12-29-19)25-10-8-24(9-11-25)14-16-13-17(26-2)6-7-18(16)27-3/h4-7,12-13,15H,8-11,14H2,1-3H3. The second-order valence-electron chi connectivity index (χ2n) is 7.09. The number of hydrogen-bond donors (Lipinski definition) is 0. The van der Waals surface area contributed by atoms with Gasteiger partial charge in [0.2, 0.25) is 5.89 Å². The first kappa shape index (κ1) is 19.9. The van der Waals surface area contributed by atoms with E-state index in [1.807, 2.05) is 29.6 Å². The van der Waals surface area contributed by atoms with Crippen LogP contribution in [0.5, 0.6) is 11.5 Å². The molecule has 0 bridgehead atoms. The van der Waals surface area contributed by atoms with Crippen molar-refractivity contribution in [1.82, 2.24) is 20.0 Å². The molecule has 3 aromatic rings. The Morgan fingerprint density at radius 3 is 2.62 bits per heavy atom. The first-order valence-electron chi connectivity index (χ1n) is 9.72. The molecule has 3 heterocycles. The summed E-state index contributed by atoms with van der Waals surface area (Å²) >= 11 is 1.61. The van der Waals surface area contributed by atoms with Crippen molar-refractivity contribution < 1.29 is 13.9 Å². The second-order valence-corrected chi connectivity index (χ2v) is 8.04. The smallest absolute Gasteiger partial charge is 0.257 e. The zero-order valence-corrected chi connectivity index (χ0v) is 17.8. The van der Waals surface area contributed by atoms with Crippen molar-refractivity contribution in [3.63, 3.8) is 0 Å². The van der Waals surface area contributed by atoms with Gasteiger partial charge in [-0.3, -0.25) is 9.80 Å². The summed E-state index contributed by atoms with van der Waals surface area (Å²) in [6, 6.07) is 10.0. The number of ether oxygens (including phenoxy) is 2. The predicted octanol–water partition coefficient (Wildman–Crippen LogP) is 3.69. The zero-order chi connectivity index (χ0) is 20.2. The van der Waals surface area contributed by atoms with Crippen molar-refractivity contribution in [2.45, 2.75) is 19.5 Å². The van der Waals surface area contributed by atoms with Crippen LogP contribution in [-0.4, -0.2) is 60.4 Å². The zero-order valence-electron chi connectivity index (χ0n) is 17.0. The summed E-state index contributed by atoms with van der Waals surface area (Å²) in [5.74, 6) is 3.03. The minimum absolute atomic E-state index is 0.102. The van der Waals surface area contributed by atoms with Crippen LogP contribution in [0.15, 0.2) is 40.1 Å². The quantitative estimate of drug-likeness (QED) is 0.584. The van der Waals surface area contributed by atoms with Crippen LogP contribution >= 0.6 is 11.3 Å². The fourth-order valence-electron chi connectivity index (χ4n) is 3.61. The maximum Gasteiger partial charge on any atom is 0.257 e. The average Bonchev–Trinajstić information content (AvgIpc) is 3.45. The van der Waals surface area contributed by atoms with Crippen LogP contribution in [0.4, 0.5) is 0 Å². The molecule has 1 aliphatic rings. The van der Waals surface area contributed by atoms with Gasteiger partial charge >= 0.3 is 0 Å². The van der Waals surface area contributed by atoms with Crippen molar-refractivity contribution >= 4 is 11.3 Å². The molecule has 154 valence electrons. The molecule has 0 saturated carbocycles. The monoisotopic (exact) mass is 414 g/mol. The largest absolute Gasteiger partial charge is 0.497 e. The predicted molar refractivity (Wildman–Crippen MR) is 112 cm³/mol. The van der Waals surface area contributed by atoms with Crippen LogP contribution in [0.2, 0.25) is 0 Å². The van der Waals surface area contributed by atoms with Gasteiger partial charge in [-0.05, 0) is 36.6 Å². The Bertz CT molecular complexity index is 920. The van der Waals surface area contributed by atoms with E-state index in [2.05, 4.69) is 33.0 Å². The molecular formula is C21H26N4O3S. The van der Waals surface area contributed by atoms with Crippen LogP contribution in [0.25, 0.3) is 10.8 Å². The van der Waals surface area contributed by atoms with E-state index in [-0.39, 0.29) is 6.04 Å². The molecule has 1 unspecified atom stereocenters. The van der Waals surface area contributed by atoms with Gasteiger partial charge in [-0.25, -0.2) is 0 Å². The molecule has 0 radical (unpaired) electrons. The minimum Gasteiger partial charge on any atom is -0.497 e. The molecule has 1 aliphatic heterocycles. The van der Waals surface area contributed by atoms with Gasteiger partial charge in [0.05, 0.1) is 25.1 Å². The van der Waals surface area contributed by atoms with E-state index >= 15 is 0 Å². The second kappa shape index (κ2) is 8.94. The molecule has 1 aromatic carbocycles. The van der Waals surface area contributed by atoms with Crippen molar-refractivity contribution in [2.24, 2.45) is 0 Å². The molecule has 2 aromatic heterocycles. The number of piperazine rings is 1. The Morgan fingerprint density at radius 1 is 1.10 bits per heavy atom. The number of nitrogens with zero attached hydrogens (tertiary/aromatic N) is 4. The molecule has 1 fully saturated rings. The van der Waals surface area contributed by atoms with Gasteiger partial charge < -0.3 is 13.9 Å². The lowest BCUT2D eigenvalue weighted by Crippen LogP contribution is -2.46. The van der Waals surface area contributed by atoms with Gasteiger partial charge in [-0.15, -0.1) is 21.5 Å². The van der Waals surface area contributed by atoms with Crippen molar-refractivity contribution in [2.75, 3.05) is 40.4 Å². The van der Waals surface area contributed by atoms with Crippen LogP contribution in [0.1, 0.15) is 24.4 Å². The van der Waals surface area contributed by atoms with E-state index in [4.69, 9.17) is 13.9 Å². The Kier molecular flexibility index (Phi) is 6.13. The van der Waals surface area contributed by atoms with Crippen LogP contribution in [0, 0.1) is 0 Å². The van der Waals surface area contributed by atoms with E-state index in [1.54, 1.807) is 25.6 Å². The Balaban J connectivity index is 1.36. The van der Waals surface area contributed by atoms with Crippen LogP contribution in [-0.2, 0) is 6.54 Å². The molecule has 1 saturated heterocycles. The normalized spacial score (nSPS) is 16.7. The number of benzene rings is 1.